The molecule has 28 heavy (non-hydrogen) atoms. The zero-order chi connectivity index (χ0) is 19.9. The van der Waals surface area contributed by atoms with E-state index in [1.807, 2.05) is 42.2 Å². The minimum Gasteiger partial charge on any atom is -0.494 e. The van der Waals surface area contributed by atoms with Crippen LogP contribution in [-0.2, 0) is 4.79 Å². The molecule has 1 amide bonds. The molecule has 0 spiro atoms. The van der Waals surface area contributed by atoms with Gasteiger partial charge in [0.15, 0.2) is 0 Å². The van der Waals surface area contributed by atoms with Crippen molar-refractivity contribution in [3.63, 3.8) is 0 Å². The maximum absolute atomic E-state index is 12.4. The summed E-state index contributed by atoms with van der Waals surface area (Å²) in [5, 5.41) is 10.8. The second-order valence-corrected chi connectivity index (χ2v) is 6.72. The molecule has 0 unspecified atom stereocenters. The Morgan fingerprint density at radius 2 is 1.93 bits per heavy atom. The van der Waals surface area contributed by atoms with E-state index in [-0.39, 0.29) is 11.6 Å². The van der Waals surface area contributed by atoms with E-state index in [0.29, 0.717) is 45.6 Å². The van der Waals surface area contributed by atoms with E-state index in [0.717, 1.165) is 17.1 Å². The zero-order valence-corrected chi connectivity index (χ0v) is 15.9. The second-order valence-electron chi connectivity index (χ2n) is 6.72. The Kier molecular flexibility index (Phi) is 6.41. The van der Waals surface area contributed by atoms with Crippen LogP contribution in [0.3, 0.4) is 0 Å². The number of hydrogen-bond acceptors (Lipinski definition) is 6. The molecule has 1 aromatic carbocycles. The number of carbonyl (C=O) groups excluding carboxylic acids is 1. The molecule has 0 N–H and O–H groups in total. The molecule has 0 radical (unpaired) electrons. The van der Waals surface area contributed by atoms with E-state index in [2.05, 4.69) is 9.88 Å². The van der Waals surface area contributed by atoms with Gasteiger partial charge in [-0.05, 0) is 31.0 Å². The van der Waals surface area contributed by atoms with Gasteiger partial charge in [0.05, 0.1) is 11.5 Å². The third kappa shape index (κ3) is 4.97. The fraction of sp³-hybridized carbons (Fsp3) is 0.400. The van der Waals surface area contributed by atoms with Gasteiger partial charge in [-0.1, -0.05) is 18.2 Å². The molecular weight excluding hydrogens is 360 g/mol. The number of hydrogen-bond donors (Lipinski definition) is 0. The molecule has 0 atom stereocenters. The Morgan fingerprint density at radius 3 is 2.57 bits per heavy atom. The number of ether oxygens (including phenoxy) is 1. The lowest BCUT2D eigenvalue weighted by atomic mass is 10.2. The van der Waals surface area contributed by atoms with Gasteiger partial charge in [0.2, 0.25) is 5.91 Å². The number of amides is 1. The van der Waals surface area contributed by atoms with Crippen LogP contribution in [0.25, 0.3) is 0 Å². The predicted octanol–water partition coefficient (Wildman–Crippen LogP) is 2.81. The van der Waals surface area contributed by atoms with Crippen LogP contribution in [0.4, 0.5) is 11.5 Å². The molecule has 8 heteroatoms. The third-order valence-corrected chi connectivity index (χ3v) is 4.73. The van der Waals surface area contributed by atoms with Gasteiger partial charge in [-0.25, -0.2) is 4.98 Å². The van der Waals surface area contributed by atoms with Gasteiger partial charge in [0, 0.05) is 38.7 Å². The number of para-hydroxylation sites is 1. The number of nitrogens with zero attached hydrogens (tertiary/aromatic N) is 4. The van der Waals surface area contributed by atoms with Crippen molar-refractivity contribution in [1.29, 1.82) is 0 Å². The summed E-state index contributed by atoms with van der Waals surface area (Å²) in [7, 11) is 0. The minimum atomic E-state index is -0.443. The lowest BCUT2D eigenvalue weighted by molar-refractivity contribution is -0.385. The maximum Gasteiger partial charge on any atom is 0.287 e. The summed E-state index contributed by atoms with van der Waals surface area (Å²) in [6.07, 6.45) is 2.42. The fourth-order valence-corrected chi connectivity index (χ4v) is 3.24. The molecule has 1 aromatic heterocycles. The van der Waals surface area contributed by atoms with Crippen LogP contribution >= 0.6 is 0 Å². The molecule has 8 nitrogen and oxygen atoms in total. The van der Waals surface area contributed by atoms with Crippen LogP contribution in [0.15, 0.2) is 42.6 Å². The lowest BCUT2D eigenvalue weighted by Crippen LogP contribution is -2.49. The van der Waals surface area contributed by atoms with Crippen molar-refractivity contribution in [2.75, 3.05) is 37.7 Å². The summed E-state index contributed by atoms with van der Waals surface area (Å²) in [4.78, 5) is 31.0. The molecule has 2 aromatic rings. The number of piperazine rings is 1. The molecule has 148 valence electrons. The first-order chi connectivity index (χ1) is 13.5. The van der Waals surface area contributed by atoms with Crippen molar-refractivity contribution in [2.24, 2.45) is 0 Å². The molecule has 1 aliphatic heterocycles. The Balaban J connectivity index is 1.43. The van der Waals surface area contributed by atoms with Crippen LogP contribution in [-0.4, -0.2) is 53.5 Å². The minimum absolute atomic E-state index is 0.00668. The largest absolute Gasteiger partial charge is 0.494 e. The molecule has 3 rings (SSSR count). The molecule has 1 saturated heterocycles. The fourth-order valence-electron chi connectivity index (χ4n) is 3.24. The number of carbonyl (C=O) groups is 1. The highest BCUT2D eigenvalue weighted by molar-refractivity contribution is 5.76. The Labute approximate surface area is 163 Å². The molecule has 0 aliphatic carbocycles. The average Bonchev–Trinajstić information content (AvgIpc) is 2.72. The third-order valence-electron chi connectivity index (χ3n) is 4.73. The van der Waals surface area contributed by atoms with Crippen molar-refractivity contribution in [3.05, 3.63) is 58.3 Å². The van der Waals surface area contributed by atoms with Crippen LogP contribution < -0.4 is 9.64 Å². The van der Waals surface area contributed by atoms with E-state index in [1.54, 1.807) is 0 Å². The van der Waals surface area contributed by atoms with Gasteiger partial charge >= 0.3 is 0 Å². The smallest absolute Gasteiger partial charge is 0.287 e. The molecule has 2 heterocycles. The standard InChI is InChI=1S/C20H24N4O4/c1-16-14-17(24(26)27)15-21-20(16)23-11-9-22(10-12-23)19(25)8-5-13-28-18-6-3-2-4-7-18/h2-4,6-7,14-15H,5,8-13H2,1H3. The van der Waals surface area contributed by atoms with E-state index in [1.165, 1.54) is 12.3 Å². The average molecular weight is 384 g/mol. The lowest BCUT2D eigenvalue weighted by Gasteiger charge is -2.36. The number of anilines is 1. The number of rotatable bonds is 7. The van der Waals surface area contributed by atoms with Gasteiger partial charge in [-0.3, -0.25) is 14.9 Å². The highest BCUT2D eigenvalue weighted by Gasteiger charge is 2.23. The molecular formula is C20H24N4O4. The van der Waals surface area contributed by atoms with Gasteiger partial charge < -0.3 is 14.5 Å². The quantitative estimate of drug-likeness (QED) is 0.414. The van der Waals surface area contributed by atoms with Crippen LogP contribution in [0.1, 0.15) is 18.4 Å². The SMILES string of the molecule is Cc1cc([N+](=O)[O-])cnc1N1CCN(C(=O)CCCOc2ccccc2)CC1. The van der Waals surface area contributed by atoms with E-state index in [4.69, 9.17) is 4.74 Å². The Bertz CT molecular complexity index is 820. The highest BCUT2D eigenvalue weighted by atomic mass is 16.6. The summed E-state index contributed by atoms with van der Waals surface area (Å²) in [6.45, 7) is 4.91. The first-order valence-electron chi connectivity index (χ1n) is 9.36. The highest BCUT2D eigenvalue weighted by Crippen LogP contribution is 2.22. The first kappa shape index (κ1) is 19.6. The van der Waals surface area contributed by atoms with Crippen LogP contribution in [0.5, 0.6) is 5.75 Å². The first-order valence-corrected chi connectivity index (χ1v) is 9.36. The van der Waals surface area contributed by atoms with E-state index in [9.17, 15) is 14.9 Å². The summed E-state index contributed by atoms with van der Waals surface area (Å²) in [5.41, 5.74) is 0.764. The van der Waals surface area contributed by atoms with E-state index >= 15 is 0 Å². The molecule has 0 saturated carbocycles. The zero-order valence-electron chi connectivity index (χ0n) is 15.9. The predicted molar refractivity (Wildman–Crippen MR) is 106 cm³/mol. The number of aryl methyl sites for hydroxylation is 1. The topological polar surface area (TPSA) is 88.8 Å². The second kappa shape index (κ2) is 9.16. The van der Waals surface area contributed by atoms with Crippen molar-refractivity contribution in [3.8, 4) is 5.75 Å². The maximum atomic E-state index is 12.4. The van der Waals surface area contributed by atoms with Crippen LogP contribution in [0.2, 0.25) is 0 Å². The van der Waals surface area contributed by atoms with Gasteiger partial charge in [0.25, 0.3) is 5.69 Å². The van der Waals surface area contributed by atoms with Gasteiger partial charge in [0.1, 0.15) is 17.8 Å². The van der Waals surface area contributed by atoms with E-state index < -0.39 is 4.92 Å². The molecule has 1 aliphatic rings. The van der Waals surface area contributed by atoms with Crippen LogP contribution in [0, 0.1) is 17.0 Å². The monoisotopic (exact) mass is 384 g/mol. The van der Waals surface area contributed by atoms with Crippen molar-refractivity contribution < 1.29 is 14.5 Å². The Hall–Kier alpha value is -3.16. The number of aromatic nitrogens is 1. The van der Waals surface area contributed by atoms with Crippen molar-refractivity contribution in [1.82, 2.24) is 9.88 Å². The number of nitro groups is 1. The summed E-state index contributed by atoms with van der Waals surface area (Å²) in [6, 6.07) is 11.1. The van der Waals surface area contributed by atoms with Gasteiger partial charge in [-0.15, -0.1) is 0 Å². The number of benzene rings is 1. The normalized spacial score (nSPS) is 14.0. The summed E-state index contributed by atoms with van der Waals surface area (Å²) < 4.78 is 5.62. The molecule has 1 fully saturated rings. The van der Waals surface area contributed by atoms with Gasteiger partial charge in [-0.2, -0.15) is 0 Å². The Morgan fingerprint density at radius 1 is 1.21 bits per heavy atom. The number of pyridine rings is 1. The van der Waals surface area contributed by atoms with Crippen molar-refractivity contribution in [2.45, 2.75) is 19.8 Å². The van der Waals surface area contributed by atoms with Crippen molar-refractivity contribution >= 4 is 17.4 Å². The summed E-state index contributed by atoms with van der Waals surface area (Å²) in [5.74, 6) is 1.69. The summed E-state index contributed by atoms with van der Waals surface area (Å²) >= 11 is 0. The molecule has 0 bridgehead atoms.